The molecule has 0 aliphatic rings. The molecular weight excluding hydrogens is 303 g/mol. The van der Waals surface area contributed by atoms with Crippen LogP contribution < -0.4 is 4.74 Å². The molecule has 0 aliphatic carbocycles. The molecule has 21 heavy (non-hydrogen) atoms. The second-order valence-corrected chi connectivity index (χ2v) is 7.16. The molecule has 3 heteroatoms. The molecule has 2 aromatic carbocycles. The van der Waals surface area contributed by atoms with Gasteiger partial charge in [0.1, 0.15) is 17.2 Å². The van der Waals surface area contributed by atoms with Crippen LogP contribution in [0, 0.1) is 0 Å². The summed E-state index contributed by atoms with van der Waals surface area (Å²) in [5, 5.41) is 0. The summed E-state index contributed by atoms with van der Waals surface area (Å²) >= 11 is 11.9. The molecular formula is C18H20Cl2O. The monoisotopic (exact) mass is 322 g/mol. The lowest BCUT2D eigenvalue weighted by molar-refractivity contribution is 0.305. The summed E-state index contributed by atoms with van der Waals surface area (Å²) in [5.41, 5.74) is 3.34. The van der Waals surface area contributed by atoms with Crippen LogP contribution in [0.3, 0.4) is 0 Å². The van der Waals surface area contributed by atoms with Crippen LogP contribution in [0.1, 0.15) is 42.3 Å². The average Bonchev–Trinajstić information content (AvgIpc) is 2.45. The van der Waals surface area contributed by atoms with Crippen molar-refractivity contribution in [3.63, 3.8) is 0 Å². The predicted octanol–water partition coefficient (Wildman–Crippen LogP) is 6.04. The van der Waals surface area contributed by atoms with Crippen LogP contribution in [0.25, 0.3) is 0 Å². The Morgan fingerprint density at radius 1 is 0.952 bits per heavy atom. The minimum absolute atomic E-state index is 0.148. The Bertz CT molecular complexity index is 583. The first-order valence-corrected chi connectivity index (χ1v) is 7.84. The normalized spacial score (nSPS) is 11.7. The van der Waals surface area contributed by atoms with Crippen molar-refractivity contribution in [3.05, 3.63) is 65.2 Å². The predicted molar refractivity (Wildman–Crippen MR) is 90.4 cm³/mol. The molecule has 2 aromatic rings. The minimum Gasteiger partial charge on any atom is -0.489 e. The second kappa shape index (κ2) is 6.72. The highest BCUT2D eigenvalue weighted by molar-refractivity contribution is 6.44. The van der Waals surface area contributed by atoms with Gasteiger partial charge in [0.2, 0.25) is 0 Å². The van der Waals surface area contributed by atoms with Gasteiger partial charge in [0.05, 0.1) is 0 Å². The van der Waals surface area contributed by atoms with E-state index in [1.165, 1.54) is 5.56 Å². The molecule has 0 aliphatic heterocycles. The molecule has 0 radical (unpaired) electrons. The fourth-order valence-corrected chi connectivity index (χ4v) is 2.52. The molecule has 0 bridgehead atoms. The number of rotatable bonds is 4. The number of alkyl halides is 2. The largest absolute Gasteiger partial charge is 0.489 e. The third-order valence-corrected chi connectivity index (χ3v) is 3.88. The molecule has 0 amide bonds. The molecule has 0 spiro atoms. The van der Waals surface area contributed by atoms with E-state index in [1.54, 1.807) is 0 Å². The molecule has 112 valence electrons. The Kier molecular flexibility index (Phi) is 5.18. The summed E-state index contributed by atoms with van der Waals surface area (Å²) in [4.78, 5) is -0.534. The van der Waals surface area contributed by atoms with E-state index >= 15 is 0 Å². The van der Waals surface area contributed by atoms with Gasteiger partial charge in [-0.15, -0.1) is 23.2 Å². The maximum absolute atomic E-state index is 5.97. The average molecular weight is 323 g/mol. The van der Waals surface area contributed by atoms with E-state index in [1.807, 2.05) is 36.4 Å². The lowest BCUT2D eigenvalue weighted by atomic mass is 9.87. The first-order valence-electron chi connectivity index (χ1n) is 6.97. The van der Waals surface area contributed by atoms with Gasteiger partial charge in [-0.05, 0) is 34.2 Å². The van der Waals surface area contributed by atoms with Gasteiger partial charge < -0.3 is 4.74 Å². The minimum atomic E-state index is -0.534. The first-order chi connectivity index (χ1) is 9.88. The second-order valence-electron chi connectivity index (χ2n) is 6.06. The number of benzene rings is 2. The molecule has 0 N–H and O–H groups in total. The van der Waals surface area contributed by atoms with Crippen molar-refractivity contribution in [2.75, 3.05) is 0 Å². The van der Waals surface area contributed by atoms with Crippen LogP contribution in [-0.4, -0.2) is 0 Å². The van der Waals surface area contributed by atoms with Crippen molar-refractivity contribution < 1.29 is 4.74 Å². The summed E-state index contributed by atoms with van der Waals surface area (Å²) in [6.45, 7) is 7.04. The van der Waals surface area contributed by atoms with Crippen molar-refractivity contribution in [3.8, 4) is 5.75 Å². The highest BCUT2D eigenvalue weighted by Gasteiger charge is 2.13. The van der Waals surface area contributed by atoms with E-state index in [2.05, 4.69) is 32.9 Å². The van der Waals surface area contributed by atoms with Crippen molar-refractivity contribution >= 4 is 23.2 Å². The quantitative estimate of drug-likeness (QED) is 0.623. The molecule has 0 saturated carbocycles. The summed E-state index contributed by atoms with van der Waals surface area (Å²) in [7, 11) is 0. The number of hydrogen-bond donors (Lipinski definition) is 0. The topological polar surface area (TPSA) is 9.23 Å². The molecule has 0 saturated heterocycles. The zero-order valence-corrected chi connectivity index (χ0v) is 14.1. The van der Waals surface area contributed by atoms with Gasteiger partial charge in [-0.1, -0.05) is 57.2 Å². The van der Waals surface area contributed by atoms with Gasteiger partial charge in [-0.25, -0.2) is 0 Å². The Hall–Kier alpha value is -1.18. The summed E-state index contributed by atoms with van der Waals surface area (Å²) in [6.07, 6.45) is 0. The van der Waals surface area contributed by atoms with Gasteiger partial charge in [0.25, 0.3) is 0 Å². The first kappa shape index (κ1) is 16.2. The van der Waals surface area contributed by atoms with Gasteiger partial charge >= 0.3 is 0 Å². The van der Waals surface area contributed by atoms with Gasteiger partial charge in [0.15, 0.2) is 0 Å². The van der Waals surface area contributed by atoms with Gasteiger partial charge in [0, 0.05) is 0 Å². The van der Waals surface area contributed by atoms with Crippen molar-refractivity contribution in [1.82, 2.24) is 0 Å². The van der Waals surface area contributed by atoms with Crippen LogP contribution >= 0.6 is 23.2 Å². The van der Waals surface area contributed by atoms with Crippen molar-refractivity contribution in [2.45, 2.75) is 37.6 Å². The standard InChI is InChI=1S/C18H20Cl2O/c1-18(2,3)14-8-10-15(11-9-14)21-12-13-6-4-5-7-16(13)17(19)20/h4-11,17H,12H2,1-3H3. The molecule has 0 heterocycles. The lowest BCUT2D eigenvalue weighted by Gasteiger charge is -2.19. The van der Waals surface area contributed by atoms with Crippen LogP contribution in [0.15, 0.2) is 48.5 Å². The number of ether oxygens (including phenoxy) is 1. The number of hydrogen-bond acceptors (Lipinski definition) is 1. The molecule has 0 atom stereocenters. The Balaban J connectivity index is 2.07. The Morgan fingerprint density at radius 3 is 2.14 bits per heavy atom. The van der Waals surface area contributed by atoms with E-state index in [4.69, 9.17) is 27.9 Å². The van der Waals surface area contributed by atoms with Crippen LogP contribution in [0.5, 0.6) is 5.75 Å². The van der Waals surface area contributed by atoms with E-state index in [9.17, 15) is 0 Å². The summed E-state index contributed by atoms with van der Waals surface area (Å²) in [6, 6.07) is 16.0. The van der Waals surface area contributed by atoms with Gasteiger partial charge in [-0.3, -0.25) is 0 Å². The van der Waals surface area contributed by atoms with E-state index in [0.717, 1.165) is 16.9 Å². The number of halogens is 2. The zero-order valence-electron chi connectivity index (χ0n) is 12.6. The molecule has 0 aromatic heterocycles. The van der Waals surface area contributed by atoms with Gasteiger partial charge in [-0.2, -0.15) is 0 Å². The third-order valence-electron chi connectivity index (χ3n) is 3.40. The Labute approximate surface area is 136 Å². The maximum Gasteiger partial charge on any atom is 0.133 e. The fraction of sp³-hybridized carbons (Fsp3) is 0.333. The third kappa shape index (κ3) is 4.39. The highest BCUT2D eigenvalue weighted by Crippen LogP contribution is 2.29. The van der Waals surface area contributed by atoms with E-state index in [-0.39, 0.29) is 5.41 Å². The van der Waals surface area contributed by atoms with Crippen LogP contribution in [0.4, 0.5) is 0 Å². The molecule has 1 nitrogen and oxygen atoms in total. The zero-order chi connectivity index (χ0) is 15.5. The lowest BCUT2D eigenvalue weighted by Crippen LogP contribution is -2.10. The van der Waals surface area contributed by atoms with Crippen molar-refractivity contribution in [1.29, 1.82) is 0 Å². The van der Waals surface area contributed by atoms with Crippen molar-refractivity contribution in [2.24, 2.45) is 0 Å². The summed E-state index contributed by atoms with van der Waals surface area (Å²) < 4.78 is 5.83. The SMILES string of the molecule is CC(C)(C)c1ccc(OCc2ccccc2C(Cl)Cl)cc1. The maximum atomic E-state index is 5.97. The van der Waals surface area contributed by atoms with Crippen LogP contribution in [-0.2, 0) is 12.0 Å². The summed E-state index contributed by atoms with van der Waals surface area (Å²) in [5.74, 6) is 0.846. The smallest absolute Gasteiger partial charge is 0.133 e. The molecule has 0 fully saturated rings. The fourth-order valence-electron chi connectivity index (χ4n) is 2.09. The van der Waals surface area contributed by atoms with E-state index < -0.39 is 4.84 Å². The molecule has 2 rings (SSSR count). The highest BCUT2D eigenvalue weighted by atomic mass is 35.5. The van der Waals surface area contributed by atoms with E-state index in [0.29, 0.717) is 6.61 Å². The Morgan fingerprint density at radius 2 is 1.57 bits per heavy atom. The van der Waals surface area contributed by atoms with Crippen LogP contribution in [0.2, 0.25) is 0 Å². The molecule has 0 unspecified atom stereocenters.